The third-order valence-corrected chi connectivity index (χ3v) is 5.62. The van der Waals surface area contributed by atoms with E-state index in [0.717, 1.165) is 24.2 Å². The summed E-state index contributed by atoms with van der Waals surface area (Å²) in [6.45, 7) is 6.40. The zero-order valence-electron chi connectivity index (χ0n) is 14.2. The number of ether oxygens (including phenoxy) is 1. The number of Topliss-reactive ketones (excluding diaryl/α,β-unsaturated/α-hetero) is 1. The molecule has 0 N–H and O–H groups in total. The second-order valence-electron chi connectivity index (χ2n) is 6.80. The van der Waals surface area contributed by atoms with Crippen molar-refractivity contribution in [3.05, 3.63) is 34.4 Å². The molecule has 0 heterocycles. The van der Waals surface area contributed by atoms with Crippen LogP contribution in [-0.4, -0.2) is 12.9 Å². The highest BCUT2D eigenvalue weighted by Gasteiger charge is 2.40. The van der Waals surface area contributed by atoms with E-state index in [1.54, 1.807) is 7.11 Å². The number of allylic oxidation sites excluding steroid dienone is 2. The second kappa shape index (κ2) is 5.91. The van der Waals surface area contributed by atoms with Gasteiger partial charge in [0.25, 0.3) is 0 Å². The number of hydrogen-bond donors (Lipinski definition) is 0. The van der Waals surface area contributed by atoms with E-state index in [4.69, 9.17) is 4.74 Å². The Balaban J connectivity index is 2.06. The van der Waals surface area contributed by atoms with Crippen LogP contribution in [0.15, 0.2) is 17.7 Å². The molecule has 1 aromatic carbocycles. The van der Waals surface area contributed by atoms with E-state index in [1.807, 2.05) is 6.92 Å². The summed E-state index contributed by atoms with van der Waals surface area (Å²) in [5, 5.41) is 0. The van der Waals surface area contributed by atoms with Gasteiger partial charge in [0.1, 0.15) is 5.75 Å². The normalized spacial score (nSPS) is 23.5. The SMILES string of the molecule is CCCCC1CC(=O)C(C)=C2c3ccc(OC)c(C)c3CC21. The summed E-state index contributed by atoms with van der Waals surface area (Å²) < 4.78 is 5.48. The van der Waals surface area contributed by atoms with Gasteiger partial charge < -0.3 is 4.74 Å². The summed E-state index contributed by atoms with van der Waals surface area (Å²) in [6.07, 6.45) is 5.42. The van der Waals surface area contributed by atoms with Gasteiger partial charge in [-0.2, -0.15) is 0 Å². The minimum Gasteiger partial charge on any atom is -0.496 e. The molecule has 22 heavy (non-hydrogen) atoms. The van der Waals surface area contributed by atoms with Crippen molar-refractivity contribution in [3.63, 3.8) is 0 Å². The molecule has 0 radical (unpaired) electrons. The Bertz CT molecular complexity index is 639. The number of fused-ring (bicyclic) bond motifs is 3. The highest BCUT2D eigenvalue weighted by atomic mass is 16.5. The lowest BCUT2D eigenvalue weighted by Gasteiger charge is -2.30. The zero-order valence-corrected chi connectivity index (χ0v) is 14.2. The maximum Gasteiger partial charge on any atom is 0.159 e. The molecule has 3 rings (SSSR count). The van der Waals surface area contributed by atoms with Gasteiger partial charge in [-0.3, -0.25) is 4.79 Å². The fourth-order valence-corrected chi connectivity index (χ4v) is 4.33. The highest BCUT2D eigenvalue weighted by molar-refractivity contribution is 6.05. The highest BCUT2D eigenvalue weighted by Crippen LogP contribution is 2.50. The molecular formula is C20H26O2. The van der Waals surface area contributed by atoms with Crippen LogP contribution < -0.4 is 4.74 Å². The second-order valence-corrected chi connectivity index (χ2v) is 6.80. The summed E-state index contributed by atoms with van der Waals surface area (Å²) in [6, 6.07) is 4.21. The van der Waals surface area contributed by atoms with E-state index in [1.165, 1.54) is 41.5 Å². The van der Waals surface area contributed by atoms with Crippen LogP contribution in [0, 0.1) is 18.8 Å². The summed E-state index contributed by atoms with van der Waals surface area (Å²) in [5.41, 5.74) is 6.28. The predicted molar refractivity (Wildman–Crippen MR) is 90.2 cm³/mol. The molecule has 0 amide bonds. The van der Waals surface area contributed by atoms with Gasteiger partial charge in [-0.1, -0.05) is 25.8 Å². The number of hydrogen-bond acceptors (Lipinski definition) is 2. The molecule has 2 heteroatoms. The van der Waals surface area contributed by atoms with Gasteiger partial charge in [0, 0.05) is 6.42 Å². The first kappa shape index (κ1) is 15.3. The first-order valence-corrected chi connectivity index (χ1v) is 8.49. The molecule has 0 aromatic heterocycles. The smallest absolute Gasteiger partial charge is 0.159 e. The molecule has 0 bridgehead atoms. The Kier molecular flexibility index (Phi) is 4.12. The number of carbonyl (C=O) groups excluding carboxylic acids is 1. The maximum absolute atomic E-state index is 12.4. The lowest BCUT2D eigenvalue weighted by molar-refractivity contribution is -0.117. The lowest BCUT2D eigenvalue weighted by Crippen LogP contribution is -2.25. The van der Waals surface area contributed by atoms with E-state index in [9.17, 15) is 4.79 Å². The summed E-state index contributed by atoms with van der Waals surface area (Å²) in [5.74, 6) is 2.37. The molecule has 0 fully saturated rings. The number of rotatable bonds is 4. The predicted octanol–water partition coefficient (Wildman–Crippen LogP) is 4.73. The minimum absolute atomic E-state index is 0.355. The van der Waals surface area contributed by atoms with Crippen LogP contribution in [0.1, 0.15) is 56.2 Å². The van der Waals surface area contributed by atoms with E-state index in [-0.39, 0.29) is 0 Å². The standard InChI is InChI=1S/C20H26O2/c1-5-6-7-14-10-18(21)13(3)20-15-8-9-19(22-4)12(2)16(15)11-17(14)20/h8-9,14,17H,5-7,10-11H2,1-4H3. The molecule has 0 saturated heterocycles. The van der Waals surface area contributed by atoms with Crippen LogP contribution >= 0.6 is 0 Å². The largest absolute Gasteiger partial charge is 0.496 e. The third-order valence-electron chi connectivity index (χ3n) is 5.62. The molecular weight excluding hydrogens is 272 g/mol. The van der Waals surface area contributed by atoms with Crippen LogP contribution in [-0.2, 0) is 11.2 Å². The number of methoxy groups -OCH3 is 1. The van der Waals surface area contributed by atoms with Gasteiger partial charge in [-0.25, -0.2) is 0 Å². The molecule has 0 spiro atoms. The van der Waals surface area contributed by atoms with Gasteiger partial charge in [0.15, 0.2) is 5.78 Å². The molecule has 2 aliphatic carbocycles. The van der Waals surface area contributed by atoms with Crippen molar-refractivity contribution < 1.29 is 9.53 Å². The first-order valence-electron chi connectivity index (χ1n) is 8.49. The van der Waals surface area contributed by atoms with Crippen LogP contribution in [0.25, 0.3) is 5.57 Å². The minimum atomic E-state index is 0.355. The van der Waals surface area contributed by atoms with Crippen molar-refractivity contribution in [1.82, 2.24) is 0 Å². The van der Waals surface area contributed by atoms with E-state index >= 15 is 0 Å². The Hall–Kier alpha value is -1.57. The number of ketones is 1. The third kappa shape index (κ3) is 2.29. The Morgan fingerprint density at radius 2 is 2.00 bits per heavy atom. The average molecular weight is 298 g/mol. The van der Waals surface area contributed by atoms with Crippen molar-refractivity contribution >= 4 is 11.4 Å². The van der Waals surface area contributed by atoms with E-state index in [0.29, 0.717) is 17.6 Å². The molecule has 2 aliphatic rings. The molecule has 118 valence electrons. The van der Waals surface area contributed by atoms with Gasteiger partial charge in [0.2, 0.25) is 0 Å². The summed E-state index contributed by atoms with van der Waals surface area (Å²) >= 11 is 0. The number of unbranched alkanes of at least 4 members (excludes halogenated alkanes) is 1. The van der Waals surface area contributed by atoms with Crippen molar-refractivity contribution in [2.45, 2.75) is 52.9 Å². The first-order chi connectivity index (χ1) is 10.6. The molecule has 2 unspecified atom stereocenters. The van der Waals surface area contributed by atoms with E-state index < -0.39 is 0 Å². The van der Waals surface area contributed by atoms with Crippen molar-refractivity contribution in [2.24, 2.45) is 11.8 Å². The molecule has 2 atom stereocenters. The quantitative estimate of drug-likeness (QED) is 0.803. The molecule has 0 aliphatic heterocycles. The summed E-state index contributed by atoms with van der Waals surface area (Å²) in [4.78, 5) is 12.4. The maximum atomic E-state index is 12.4. The Morgan fingerprint density at radius 1 is 1.23 bits per heavy atom. The van der Waals surface area contributed by atoms with Gasteiger partial charge in [-0.15, -0.1) is 0 Å². The van der Waals surface area contributed by atoms with Gasteiger partial charge in [0.05, 0.1) is 7.11 Å². The fourth-order valence-electron chi connectivity index (χ4n) is 4.33. The van der Waals surface area contributed by atoms with Crippen LogP contribution in [0.4, 0.5) is 0 Å². The van der Waals surface area contributed by atoms with Crippen LogP contribution in [0.3, 0.4) is 0 Å². The van der Waals surface area contributed by atoms with Crippen LogP contribution in [0.2, 0.25) is 0 Å². The van der Waals surface area contributed by atoms with Crippen molar-refractivity contribution in [3.8, 4) is 5.75 Å². The van der Waals surface area contributed by atoms with Crippen molar-refractivity contribution in [2.75, 3.05) is 7.11 Å². The van der Waals surface area contributed by atoms with Crippen molar-refractivity contribution in [1.29, 1.82) is 0 Å². The van der Waals surface area contributed by atoms with Crippen LogP contribution in [0.5, 0.6) is 5.75 Å². The van der Waals surface area contributed by atoms with Gasteiger partial charge >= 0.3 is 0 Å². The summed E-state index contributed by atoms with van der Waals surface area (Å²) in [7, 11) is 1.73. The Labute approximate surface area is 133 Å². The van der Waals surface area contributed by atoms with E-state index in [2.05, 4.69) is 26.0 Å². The number of benzene rings is 1. The lowest BCUT2D eigenvalue weighted by atomic mass is 9.73. The molecule has 2 nitrogen and oxygen atoms in total. The number of carbonyl (C=O) groups is 1. The Morgan fingerprint density at radius 3 is 2.68 bits per heavy atom. The fraction of sp³-hybridized carbons (Fsp3) is 0.550. The average Bonchev–Trinajstić information content (AvgIpc) is 2.91. The zero-order chi connectivity index (χ0) is 15.9. The molecule has 1 aromatic rings. The monoisotopic (exact) mass is 298 g/mol. The topological polar surface area (TPSA) is 26.3 Å². The molecule has 0 saturated carbocycles. The van der Waals surface area contributed by atoms with Gasteiger partial charge in [-0.05, 0) is 72.4 Å².